The molecule has 0 aromatic heterocycles. The first kappa shape index (κ1) is 32.8. The minimum Gasteiger partial charge on any atom is -0.363 e. The lowest BCUT2D eigenvalue weighted by Crippen LogP contribution is -2.34. The van der Waals surface area contributed by atoms with Crippen LogP contribution in [0.5, 0.6) is 0 Å². The van der Waals surface area contributed by atoms with E-state index in [0.717, 1.165) is 25.9 Å². The zero-order valence-corrected chi connectivity index (χ0v) is 32.5. The van der Waals surface area contributed by atoms with Crippen molar-refractivity contribution in [3.63, 3.8) is 0 Å². The Morgan fingerprint density at radius 1 is 0.421 bits per heavy atom. The number of hydrogen-bond donors (Lipinski definition) is 0. The van der Waals surface area contributed by atoms with Crippen molar-refractivity contribution in [1.82, 2.24) is 0 Å². The van der Waals surface area contributed by atoms with Crippen molar-refractivity contribution in [1.29, 1.82) is 0 Å². The molecule has 1 heteroatoms. The summed E-state index contributed by atoms with van der Waals surface area (Å²) in [7, 11) is 0. The number of benzene rings is 8. The molecule has 0 heterocycles. The molecule has 0 atom stereocenters. The molecule has 0 N–H and O–H groups in total. The van der Waals surface area contributed by atoms with Crippen LogP contribution in [0, 0.1) is 0 Å². The number of hydrogen-bond acceptors (Lipinski definition) is 1. The van der Waals surface area contributed by atoms with Crippen LogP contribution in [0.25, 0.3) is 33.4 Å². The number of nitrogens with zero attached hydrogens (tertiary/aromatic N) is 1. The Hall–Kier alpha value is -6.44. The molecule has 12 rings (SSSR count). The van der Waals surface area contributed by atoms with Gasteiger partial charge in [-0.15, -0.1) is 0 Å². The molecule has 0 fully saturated rings. The number of rotatable bonds is 5. The molecule has 272 valence electrons. The smallest absolute Gasteiger partial charge is 0.0719 e. The second kappa shape index (κ2) is 12.0. The lowest BCUT2D eigenvalue weighted by molar-refractivity contribution is 0.651. The van der Waals surface area contributed by atoms with E-state index in [-0.39, 0.29) is 10.8 Å². The van der Waals surface area contributed by atoms with E-state index in [1.165, 1.54) is 106 Å². The third-order valence-electron chi connectivity index (χ3n) is 13.9. The fourth-order valence-electron chi connectivity index (χ4n) is 11.6. The standard InChI is InChI=1S/C56H43N/c1-55(2)48-25-10-6-22-45(48)46-23-14-28-52(54(46)55)57(35-41-18-13-17-40-32-37-15-3-5-19-42(37)53(40)41)34-36-29-30-39-33-38-16-4-9-24-47(38)56(51(39)31-36)49-26-11-7-20-43(49)44-21-8-12-27-50(44)56/h3-31H,32-35H2,1-2H3. The highest BCUT2D eigenvalue weighted by Crippen LogP contribution is 2.59. The van der Waals surface area contributed by atoms with Crippen LogP contribution in [0.4, 0.5) is 5.69 Å². The van der Waals surface area contributed by atoms with Crippen molar-refractivity contribution in [2.45, 2.75) is 50.6 Å². The molecule has 0 unspecified atom stereocenters. The molecule has 1 spiro atoms. The van der Waals surface area contributed by atoms with Gasteiger partial charge < -0.3 is 4.90 Å². The lowest BCUT2D eigenvalue weighted by atomic mass is 9.61. The molecule has 0 bridgehead atoms. The summed E-state index contributed by atoms with van der Waals surface area (Å²) in [6, 6.07) is 67.1. The highest BCUT2D eigenvalue weighted by molar-refractivity contribution is 5.89. The van der Waals surface area contributed by atoms with Crippen LogP contribution in [-0.4, -0.2) is 0 Å². The van der Waals surface area contributed by atoms with Gasteiger partial charge in [-0.3, -0.25) is 0 Å². The van der Waals surface area contributed by atoms with Gasteiger partial charge in [0.1, 0.15) is 0 Å². The van der Waals surface area contributed by atoms with Crippen molar-refractivity contribution < 1.29 is 0 Å². The summed E-state index contributed by atoms with van der Waals surface area (Å²) >= 11 is 0. The van der Waals surface area contributed by atoms with Crippen LogP contribution in [0.1, 0.15) is 80.6 Å². The zero-order chi connectivity index (χ0) is 37.9. The van der Waals surface area contributed by atoms with E-state index in [2.05, 4.69) is 195 Å². The van der Waals surface area contributed by atoms with Gasteiger partial charge in [0.25, 0.3) is 0 Å². The Bertz CT molecular complexity index is 2920. The molecular weight excluding hydrogens is 687 g/mol. The normalized spacial score (nSPS) is 15.1. The SMILES string of the molecule is CC1(C)c2ccccc2-c2cccc(N(Cc3ccc4c(c3)C3(c5ccccc5C4)c4ccccc4-c4ccccc43)Cc3cccc4c3-c3ccccc3C4)c21. The van der Waals surface area contributed by atoms with Crippen molar-refractivity contribution in [3.05, 3.63) is 243 Å². The van der Waals surface area contributed by atoms with Crippen LogP contribution in [-0.2, 0) is 36.8 Å². The van der Waals surface area contributed by atoms with Gasteiger partial charge in [-0.05, 0) is 119 Å². The average molecular weight is 730 g/mol. The molecule has 1 nitrogen and oxygen atoms in total. The fourth-order valence-corrected chi connectivity index (χ4v) is 11.6. The first-order chi connectivity index (χ1) is 28.0. The summed E-state index contributed by atoms with van der Waals surface area (Å²) in [4.78, 5) is 2.70. The minimum absolute atomic E-state index is 0.132. The molecular formula is C56H43N. The Kier molecular flexibility index (Phi) is 6.92. The van der Waals surface area contributed by atoms with Crippen molar-refractivity contribution in [2.24, 2.45) is 0 Å². The maximum atomic E-state index is 2.70. The highest BCUT2D eigenvalue weighted by Gasteiger charge is 2.49. The minimum atomic E-state index is -0.375. The average Bonchev–Trinajstić information content (AvgIpc) is 3.86. The van der Waals surface area contributed by atoms with Gasteiger partial charge in [0, 0.05) is 24.2 Å². The molecule has 0 saturated heterocycles. The van der Waals surface area contributed by atoms with Crippen molar-refractivity contribution in [3.8, 4) is 33.4 Å². The predicted octanol–water partition coefficient (Wildman–Crippen LogP) is 13.0. The Labute approximate surface area is 335 Å². The maximum Gasteiger partial charge on any atom is 0.0719 e. The monoisotopic (exact) mass is 729 g/mol. The summed E-state index contributed by atoms with van der Waals surface area (Å²) < 4.78 is 0. The third-order valence-corrected chi connectivity index (χ3v) is 13.9. The predicted molar refractivity (Wildman–Crippen MR) is 235 cm³/mol. The van der Waals surface area contributed by atoms with E-state index in [0.29, 0.717) is 0 Å². The molecule has 8 aromatic carbocycles. The van der Waals surface area contributed by atoms with Gasteiger partial charge in [-0.2, -0.15) is 0 Å². The van der Waals surface area contributed by atoms with Gasteiger partial charge in [0.2, 0.25) is 0 Å². The number of fused-ring (bicyclic) bond motifs is 15. The van der Waals surface area contributed by atoms with Gasteiger partial charge in [0.05, 0.1) is 5.41 Å². The largest absolute Gasteiger partial charge is 0.363 e. The van der Waals surface area contributed by atoms with Crippen molar-refractivity contribution in [2.75, 3.05) is 4.90 Å². The Morgan fingerprint density at radius 3 is 1.72 bits per heavy atom. The van der Waals surface area contributed by atoms with E-state index in [4.69, 9.17) is 0 Å². The molecule has 8 aromatic rings. The molecule has 4 aliphatic rings. The first-order valence-electron chi connectivity index (χ1n) is 20.6. The first-order valence-corrected chi connectivity index (χ1v) is 20.6. The summed E-state index contributed by atoms with van der Waals surface area (Å²) in [6.45, 7) is 6.45. The van der Waals surface area contributed by atoms with E-state index in [1.807, 2.05) is 0 Å². The van der Waals surface area contributed by atoms with E-state index in [9.17, 15) is 0 Å². The van der Waals surface area contributed by atoms with Crippen LogP contribution in [0.15, 0.2) is 176 Å². The molecule has 0 saturated carbocycles. The molecule has 0 aliphatic heterocycles. The second-order valence-electron chi connectivity index (χ2n) is 17.2. The lowest BCUT2D eigenvalue weighted by Gasteiger charge is -2.41. The Morgan fingerprint density at radius 2 is 0.965 bits per heavy atom. The van der Waals surface area contributed by atoms with Gasteiger partial charge >= 0.3 is 0 Å². The van der Waals surface area contributed by atoms with E-state index < -0.39 is 0 Å². The van der Waals surface area contributed by atoms with Crippen LogP contribution in [0.2, 0.25) is 0 Å². The summed E-state index contributed by atoms with van der Waals surface area (Å²) in [5, 5.41) is 0. The molecule has 57 heavy (non-hydrogen) atoms. The molecule has 0 radical (unpaired) electrons. The maximum absolute atomic E-state index is 2.70. The van der Waals surface area contributed by atoms with Gasteiger partial charge in [-0.25, -0.2) is 0 Å². The quantitative estimate of drug-likeness (QED) is 0.170. The summed E-state index contributed by atoms with van der Waals surface area (Å²) in [5.41, 5.74) is 26.0. The Balaban J connectivity index is 1.06. The van der Waals surface area contributed by atoms with Crippen LogP contribution < -0.4 is 4.90 Å². The highest BCUT2D eigenvalue weighted by atomic mass is 15.1. The van der Waals surface area contributed by atoms with Gasteiger partial charge in [0.15, 0.2) is 0 Å². The molecule has 0 amide bonds. The van der Waals surface area contributed by atoms with E-state index >= 15 is 0 Å². The third kappa shape index (κ3) is 4.52. The topological polar surface area (TPSA) is 3.24 Å². The molecule has 4 aliphatic carbocycles. The summed E-state index contributed by atoms with van der Waals surface area (Å²) in [6.07, 6.45) is 1.94. The fraction of sp³-hybridized carbons (Fsp3) is 0.143. The van der Waals surface area contributed by atoms with Gasteiger partial charge in [-0.1, -0.05) is 184 Å². The second-order valence-corrected chi connectivity index (χ2v) is 17.2. The van der Waals surface area contributed by atoms with Crippen molar-refractivity contribution >= 4 is 5.69 Å². The van der Waals surface area contributed by atoms with Crippen LogP contribution >= 0.6 is 0 Å². The summed E-state index contributed by atoms with van der Waals surface area (Å²) in [5.74, 6) is 0. The van der Waals surface area contributed by atoms with Crippen LogP contribution in [0.3, 0.4) is 0 Å². The zero-order valence-electron chi connectivity index (χ0n) is 32.5. The number of anilines is 1. The van der Waals surface area contributed by atoms with E-state index in [1.54, 1.807) is 0 Å².